The fraction of sp³-hybridized carbons (Fsp3) is 0.250. The molecule has 0 bridgehead atoms. The van der Waals surface area contributed by atoms with Gasteiger partial charge >= 0.3 is 5.69 Å². The van der Waals surface area contributed by atoms with Crippen molar-refractivity contribution in [2.24, 2.45) is 5.10 Å². The van der Waals surface area contributed by atoms with Gasteiger partial charge in [0.1, 0.15) is 5.56 Å². The number of unbranched alkanes of at least 4 members (excludes halogenated alkanes) is 1. The Kier molecular flexibility index (Phi) is 6.13. The van der Waals surface area contributed by atoms with Crippen LogP contribution in [0.25, 0.3) is 5.69 Å². The fourth-order valence-electron chi connectivity index (χ4n) is 2.05. The summed E-state index contributed by atoms with van der Waals surface area (Å²) in [5.74, 6) is -0.900. The standard InChI is InChI=1S/C16H17ClN4O4/c1-2-3-4-13(22)20-18-9-12-14(23)19-16(25)21(15(12)24)11-7-5-10(17)6-8-11/h5-9,24H,2-4H2,1H3,(H,20,22)(H,19,23,25)/b18-9+. The number of aromatic hydroxyl groups is 1. The van der Waals surface area contributed by atoms with Crippen LogP contribution >= 0.6 is 11.6 Å². The average molecular weight is 365 g/mol. The van der Waals surface area contributed by atoms with Crippen LogP contribution in [-0.2, 0) is 4.79 Å². The van der Waals surface area contributed by atoms with Gasteiger partial charge < -0.3 is 5.11 Å². The number of aromatic amines is 1. The number of hydrogen-bond donors (Lipinski definition) is 3. The zero-order valence-corrected chi connectivity index (χ0v) is 14.2. The average Bonchev–Trinajstić information content (AvgIpc) is 2.57. The van der Waals surface area contributed by atoms with Crippen molar-refractivity contribution in [3.05, 3.63) is 55.7 Å². The summed E-state index contributed by atoms with van der Waals surface area (Å²) in [6, 6.07) is 6.09. The molecule has 0 radical (unpaired) electrons. The van der Waals surface area contributed by atoms with E-state index < -0.39 is 17.1 Å². The molecule has 9 heteroatoms. The second-order valence-electron chi connectivity index (χ2n) is 5.21. The summed E-state index contributed by atoms with van der Waals surface area (Å²) in [5, 5.41) is 14.4. The lowest BCUT2D eigenvalue weighted by Gasteiger charge is -2.09. The van der Waals surface area contributed by atoms with E-state index in [0.29, 0.717) is 23.6 Å². The summed E-state index contributed by atoms with van der Waals surface area (Å²) >= 11 is 5.80. The number of rotatable bonds is 6. The molecule has 1 aromatic carbocycles. The van der Waals surface area contributed by atoms with Gasteiger partial charge in [-0.05, 0) is 30.7 Å². The molecule has 0 spiro atoms. The van der Waals surface area contributed by atoms with Crippen molar-refractivity contribution in [3.63, 3.8) is 0 Å². The molecule has 0 atom stereocenters. The summed E-state index contributed by atoms with van der Waals surface area (Å²) < 4.78 is 0.901. The van der Waals surface area contributed by atoms with Crippen LogP contribution in [0.5, 0.6) is 5.88 Å². The van der Waals surface area contributed by atoms with E-state index in [1.165, 1.54) is 24.3 Å². The highest BCUT2D eigenvalue weighted by Crippen LogP contribution is 2.17. The van der Waals surface area contributed by atoms with E-state index in [0.717, 1.165) is 17.2 Å². The molecule has 0 unspecified atom stereocenters. The Bertz CT molecular complexity index is 900. The smallest absolute Gasteiger partial charge is 0.335 e. The SMILES string of the molecule is CCCCC(=O)N/N=C/c1c(O)n(-c2ccc(Cl)cc2)c(=O)[nH]c1=O. The van der Waals surface area contributed by atoms with Crippen molar-refractivity contribution < 1.29 is 9.90 Å². The zero-order chi connectivity index (χ0) is 18.4. The largest absolute Gasteiger partial charge is 0.493 e. The van der Waals surface area contributed by atoms with E-state index in [2.05, 4.69) is 15.5 Å². The number of nitrogens with one attached hydrogen (secondary N) is 2. The van der Waals surface area contributed by atoms with Crippen molar-refractivity contribution in [3.8, 4) is 11.6 Å². The first kappa shape index (κ1) is 18.5. The first-order valence-corrected chi connectivity index (χ1v) is 7.98. The Morgan fingerprint density at radius 2 is 2.04 bits per heavy atom. The van der Waals surface area contributed by atoms with Crippen LogP contribution in [0.4, 0.5) is 0 Å². The van der Waals surface area contributed by atoms with Crippen molar-refractivity contribution in [1.29, 1.82) is 0 Å². The lowest BCUT2D eigenvalue weighted by molar-refractivity contribution is -0.121. The first-order valence-electron chi connectivity index (χ1n) is 7.60. The maximum Gasteiger partial charge on any atom is 0.335 e. The van der Waals surface area contributed by atoms with Gasteiger partial charge in [0.2, 0.25) is 11.8 Å². The van der Waals surface area contributed by atoms with E-state index >= 15 is 0 Å². The van der Waals surface area contributed by atoms with Crippen LogP contribution in [0.2, 0.25) is 5.02 Å². The molecule has 0 aliphatic rings. The number of H-pyrrole nitrogens is 1. The minimum Gasteiger partial charge on any atom is -0.493 e. The quantitative estimate of drug-likeness (QED) is 0.532. The Morgan fingerprint density at radius 3 is 2.68 bits per heavy atom. The summed E-state index contributed by atoms with van der Waals surface area (Å²) in [4.78, 5) is 37.5. The van der Waals surface area contributed by atoms with Crippen LogP contribution in [0.1, 0.15) is 31.7 Å². The molecular weight excluding hydrogens is 348 g/mol. The van der Waals surface area contributed by atoms with Gasteiger partial charge in [0.05, 0.1) is 11.9 Å². The van der Waals surface area contributed by atoms with Crippen LogP contribution in [-0.4, -0.2) is 26.8 Å². The van der Waals surface area contributed by atoms with Gasteiger partial charge in [-0.25, -0.2) is 14.8 Å². The monoisotopic (exact) mass is 364 g/mol. The molecule has 0 aliphatic carbocycles. The Morgan fingerprint density at radius 1 is 1.36 bits per heavy atom. The second kappa shape index (κ2) is 8.29. The molecule has 0 saturated carbocycles. The van der Waals surface area contributed by atoms with E-state index in [1.54, 1.807) is 0 Å². The molecular formula is C16H17ClN4O4. The molecule has 8 nitrogen and oxygen atoms in total. The fourth-order valence-corrected chi connectivity index (χ4v) is 2.17. The molecule has 0 fully saturated rings. The summed E-state index contributed by atoms with van der Waals surface area (Å²) in [6.07, 6.45) is 2.88. The third-order valence-electron chi connectivity index (χ3n) is 3.35. The molecule has 1 aromatic heterocycles. The molecule has 3 N–H and O–H groups in total. The van der Waals surface area contributed by atoms with E-state index in [4.69, 9.17) is 11.6 Å². The molecule has 2 rings (SSSR count). The normalized spacial score (nSPS) is 11.0. The Balaban J connectivity index is 2.35. The van der Waals surface area contributed by atoms with Crippen molar-refractivity contribution >= 4 is 23.7 Å². The minimum atomic E-state index is -0.820. The number of amides is 1. The van der Waals surface area contributed by atoms with Gasteiger partial charge in [-0.1, -0.05) is 24.9 Å². The molecule has 1 heterocycles. The number of hydrogen-bond acceptors (Lipinski definition) is 5. The van der Waals surface area contributed by atoms with E-state index in [-0.39, 0.29) is 11.5 Å². The minimum absolute atomic E-state index is 0.259. The topological polar surface area (TPSA) is 117 Å². The number of benzene rings is 1. The van der Waals surface area contributed by atoms with E-state index in [1.807, 2.05) is 6.92 Å². The summed E-state index contributed by atoms with van der Waals surface area (Å²) in [5.41, 5.74) is 0.683. The highest BCUT2D eigenvalue weighted by atomic mass is 35.5. The number of carbonyl (C=O) groups is 1. The third-order valence-corrected chi connectivity index (χ3v) is 3.60. The van der Waals surface area contributed by atoms with E-state index in [9.17, 15) is 19.5 Å². The number of aromatic nitrogens is 2. The predicted molar refractivity (Wildman–Crippen MR) is 94.6 cm³/mol. The van der Waals surface area contributed by atoms with Crippen LogP contribution < -0.4 is 16.7 Å². The molecule has 1 amide bonds. The summed E-state index contributed by atoms with van der Waals surface area (Å²) in [6.45, 7) is 1.95. The van der Waals surface area contributed by atoms with Gasteiger partial charge in [0.15, 0.2) is 0 Å². The number of halogens is 1. The number of carbonyl (C=O) groups excluding carboxylic acids is 1. The maximum atomic E-state index is 12.0. The zero-order valence-electron chi connectivity index (χ0n) is 13.5. The van der Waals surface area contributed by atoms with Gasteiger partial charge in [-0.3, -0.25) is 14.6 Å². The second-order valence-corrected chi connectivity index (χ2v) is 5.64. The van der Waals surface area contributed by atoms with Gasteiger partial charge in [-0.2, -0.15) is 5.10 Å². The first-order chi connectivity index (χ1) is 11.9. The molecule has 25 heavy (non-hydrogen) atoms. The van der Waals surface area contributed by atoms with Gasteiger partial charge in [0.25, 0.3) is 5.56 Å². The number of hydrazone groups is 1. The Hall–Kier alpha value is -2.87. The van der Waals surface area contributed by atoms with Crippen LogP contribution in [0, 0.1) is 0 Å². The number of nitrogens with zero attached hydrogens (tertiary/aromatic N) is 2. The third kappa shape index (κ3) is 4.57. The lowest BCUT2D eigenvalue weighted by Crippen LogP contribution is -2.31. The molecule has 132 valence electrons. The molecule has 0 saturated heterocycles. The molecule has 2 aromatic rings. The van der Waals surface area contributed by atoms with Crippen molar-refractivity contribution in [2.75, 3.05) is 0 Å². The predicted octanol–water partition coefficient (Wildman–Crippen LogP) is 1.53. The maximum absolute atomic E-state index is 12.0. The van der Waals surface area contributed by atoms with Crippen molar-refractivity contribution in [2.45, 2.75) is 26.2 Å². The Labute approximate surface area is 147 Å². The summed E-state index contributed by atoms with van der Waals surface area (Å²) in [7, 11) is 0. The van der Waals surface area contributed by atoms with Crippen LogP contribution in [0.3, 0.4) is 0 Å². The highest BCUT2D eigenvalue weighted by Gasteiger charge is 2.14. The van der Waals surface area contributed by atoms with Crippen molar-refractivity contribution in [1.82, 2.24) is 15.0 Å². The van der Waals surface area contributed by atoms with Crippen LogP contribution in [0.15, 0.2) is 39.0 Å². The van der Waals surface area contributed by atoms with Gasteiger partial charge in [-0.15, -0.1) is 0 Å². The van der Waals surface area contributed by atoms with Gasteiger partial charge in [0, 0.05) is 11.4 Å². The lowest BCUT2D eigenvalue weighted by atomic mass is 10.2. The highest BCUT2D eigenvalue weighted by molar-refractivity contribution is 6.30. The molecule has 0 aliphatic heterocycles.